The highest BCUT2D eigenvalue weighted by molar-refractivity contribution is 6.02. The van der Waals surface area contributed by atoms with Crippen LogP contribution in [0.5, 0.6) is 0 Å². The van der Waals surface area contributed by atoms with Gasteiger partial charge in [0.2, 0.25) is 5.82 Å². The molecule has 4 aromatic rings. The Balaban J connectivity index is 1.53. The number of hydrogen-bond acceptors (Lipinski definition) is 6. The summed E-state index contributed by atoms with van der Waals surface area (Å²) in [5, 5.41) is 20.8. The van der Waals surface area contributed by atoms with Gasteiger partial charge in [0.15, 0.2) is 0 Å². The van der Waals surface area contributed by atoms with Crippen LogP contribution in [-0.2, 0) is 4.74 Å². The minimum Gasteiger partial charge on any atom is -0.383 e. The summed E-state index contributed by atoms with van der Waals surface area (Å²) < 4.78 is 5.48. The van der Waals surface area contributed by atoms with E-state index in [1.54, 1.807) is 7.11 Å². The van der Waals surface area contributed by atoms with Gasteiger partial charge >= 0.3 is 6.03 Å². The number of nitrogens with zero attached hydrogens (tertiary/aromatic N) is 4. The molecule has 3 aromatic carbocycles. The summed E-state index contributed by atoms with van der Waals surface area (Å²) in [5.41, 5.74) is 6.35. The number of anilines is 3. The molecule has 202 valence electrons. The van der Waals surface area contributed by atoms with Crippen LogP contribution >= 0.6 is 0 Å². The molecule has 9 nitrogen and oxygen atoms in total. The largest absolute Gasteiger partial charge is 0.383 e. The van der Waals surface area contributed by atoms with Crippen LogP contribution in [0, 0.1) is 6.92 Å². The van der Waals surface area contributed by atoms with Crippen molar-refractivity contribution in [1.29, 1.82) is 0 Å². The zero-order valence-electron chi connectivity index (χ0n) is 22.5. The number of carbonyl (C=O) groups is 1. The minimum absolute atomic E-state index is 0.293. The standard InChI is InChI=1S/C30H35N7O2/c1-21-12-15-23(16-13-21)31-30(38)32-27-20-22(25-10-6-7-11-26(25)29-33-35-36-34-29)14-17-28(27)37(18-19-39-2)24-8-4-3-5-9-24/h6-7,10-17,20,24H,3-5,8-9,18-19H2,1-2H3,(H2,31,32,38)(H,33,34,35,36). The highest BCUT2D eigenvalue weighted by Gasteiger charge is 2.24. The Morgan fingerprint density at radius 2 is 1.77 bits per heavy atom. The Morgan fingerprint density at radius 1 is 1.00 bits per heavy atom. The highest BCUT2D eigenvalue weighted by Crippen LogP contribution is 2.38. The van der Waals surface area contributed by atoms with Gasteiger partial charge in [0.05, 0.1) is 18.0 Å². The van der Waals surface area contributed by atoms with Crippen molar-refractivity contribution in [2.45, 2.75) is 45.1 Å². The maximum Gasteiger partial charge on any atom is 0.323 e. The average Bonchev–Trinajstić information content (AvgIpc) is 3.51. The van der Waals surface area contributed by atoms with E-state index in [1.165, 1.54) is 19.3 Å². The molecule has 0 radical (unpaired) electrons. The van der Waals surface area contributed by atoms with Gasteiger partial charge in [-0.15, -0.1) is 10.2 Å². The summed E-state index contributed by atoms with van der Waals surface area (Å²) in [6.07, 6.45) is 5.94. The Morgan fingerprint density at radius 3 is 2.49 bits per heavy atom. The normalized spacial score (nSPS) is 13.7. The van der Waals surface area contributed by atoms with E-state index >= 15 is 0 Å². The lowest BCUT2D eigenvalue weighted by Gasteiger charge is -2.37. The number of aromatic nitrogens is 4. The molecule has 1 aromatic heterocycles. The monoisotopic (exact) mass is 525 g/mol. The van der Waals surface area contributed by atoms with Gasteiger partial charge in [-0.05, 0) is 60.4 Å². The van der Waals surface area contributed by atoms with Crippen molar-refractivity contribution in [3.8, 4) is 22.5 Å². The van der Waals surface area contributed by atoms with Gasteiger partial charge < -0.3 is 20.3 Å². The van der Waals surface area contributed by atoms with Crippen molar-refractivity contribution < 1.29 is 9.53 Å². The van der Waals surface area contributed by atoms with Gasteiger partial charge in [-0.25, -0.2) is 4.79 Å². The zero-order chi connectivity index (χ0) is 27.0. The number of aryl methyl sites for hydroxylation is 1. The van der Waals surface area contributed by atoms with Crippen LogP contribution in [0.3, 0.4) is 0 Å². The number of carbonyl (C=O) groups excluding carboxylic acids is 1. The van der Waals surface area contributed by atoms with E-state index in [0.29, 0.717) is 18.5 Å². The van der Waals surface area contributed by atoms with Gasteiger partial charge in [0.25, 0.3) is 0 Å². The molecule has 1 fully saturated rings. The predicted molar refractivity (Wildman–Crippen MR) is 155 cm³/mol. The van der Waals surface area contributed by atoms with Crippen LogP contribution in [-0.4, -0.2) is 53.0 Å². The lowest BCUT2D eigenvalue weighted by molar-refractivity contribution is 0.201. The third-order valence-electron chi connectivity index (χ3n) is 7.24. The average molecular weight is 526 g/mol. The molecule has 1 aliphatic carbocycles. The SMILES string of the molecule is COCCN(c1ccc(-c2ccccc2-c2nn[nH]n2)cc1NC(=O)Nc1ccc(C)cc1)C1CCCCC1. The van der Waals surface area contributed by atoms with Gasteiger partial charge in [-0.2, -0.15) is 5.21 Å². The Labute approximate surface area is 229 Å². The summed E-state index contributed by atoms with van der Waals surface area (Å²) >= 11 is 0. The summed E-state index contributed by atoms with van der Waals surface area (Å²) in [6.45, 7) is 3.37. The molecular formula is C30H35N7O2. The van der Waals surface area contributed by atoms with E-state index < -0.39 is 0 Å². The molecule has 1 aliphatic rings. The number of ether oxygens (including phenoxy) is 1. The number of amides is 2. The number of benzene rings is 3. The van der Waals surface area contributed by atoms with Crippen LogP contribution in [0.25, 0.3) is 22.5 Å². The lowest BCUT2D eigenvalue weighted by atomic mass is 9.93. The Bertz CT molecular complexity index is 1370. The molecule has 9 heteroatoms. The smallest absolute Gasteiger partial charge is 0.323 e. The number of methoxy groups -OCH3 is 1. The van der Waals surface area contributed by atoms with Crippen molar-refractivity contribution in [3.63, 3.8) is 0 Å². The molecule has 3 N–H and O–H groups in total. The van der Waals surface area contributed by atoms with E-state index in [1.807, 2.05) is 61.5 Å². The third kappa shape index (κ3) is 6.43. The quantitative estimate of drug-likeness (QED) is 0.238. The number of tetrazole rings is 1. The van der Waals surface area contributed by atoms with E-state index in [2.05, 4.69) is 48.3 Å². The second kappa shape index (κ2) is 12.5. The molecule has 5 rings (SSSR count). The first-order valence-electron chi connectivity index (χ1n) is 13.5. The van der Waals surface area contributed by atoms with E-state index in [4.69, 9.17) is 4.74 Å². The molecule has 2 amide bonds. The Kier molecular flexibility index (Phi) is 8.48. The van der Waals surface area contributed by atoms with Gasteiger partial charge in [-0.3, -0.25) is 0 Å². The molecule has 39 heavy (non-hydrogen) atoms. The first-order valence-corrected chi connectivity index (χ1v) is 13.5. The van der Waals surface area contributed by atoms with Crippen LogP contribution in [0.1, 0.15) is 37.7 Å². The predicted octanol–water partition coefficient (Wildman–Crippen LogP) is 6.27. The molecule has 0 aliphatic heterocycles. The molecule has 0 bridgehead atoms. The summed E-state index contributed by atoms with van der Waals surface area (Å²) in [4.78, 5) is 15.6. The lowest BCUT2D eigenvalue weighted by Crippen LogP contribution is -2.39. The van der Waals surface area contributed by atoms with Crippen molar-refractivity contribution in [2.75, 3.05) is 35.8 Å². The third-order valence-corrected chi connectivity index (χ3v) is 7.24. The van der Waals surface area contributed by atoms with Gasteiger partial charge in [-0.1, -0.05) is 67.3 Å². The number of urea groups is 1. The van der Waals surface area contributed by atoms with Gasteiger partial charge in [0, 0.05) is 30.9 Å². The Hall–Kier alpha value is -4.24. The second-order valence-electron chi connectivity index (χ2n) is 9.94. The number of aromatic amines is 1. The van der Waals surface area contributed by atoms with Crippen molar-refractivity contribution in [2.24, 2.45) is 0 Å². The summed E-state index contributed by atoms with van der Waals surface area (Å²) in [6, 6.07) is 22.0. The molecule has 0 saturated heterocycles. The fraction of sp³-hybridized carbons (Fsp3) is 0.333. The van der Waals surface area contributed by atoms with Gasteiger partial charge in [0.1, 0.15) is 0 Å². The zero-order valence-corrected chi connectivity index (χ0v) is 22.5. The van der Waals surface area contributed by atoms with Crippen molar-refractivity contribution in [3.05, 3.63) is 72.3 Å². The number of nitrogens with one attached hydrogen (secondary N) is 3. The summed E-state index contributed by atoms with van der Waals surface area (Å²) in [5.74, 6) is 0.519. The molecule has 0 atom stereocenters. The topological polar surface area (TPSA) is 108 Å². The molecule has 1 saturated carbocycles. The molecule has 1 heterocycles. The first kappa shape index (κ1) is 26.4. The van der Waals surface area contributed by atoms with Crippen LogP contribution in [0.15, 0.2) is 66.7 Å². The van der Waals surface area contributed by atoms with E-state index in [-0.39, 0.29) is 6.03 Å². The van der Waals surface area contributed by atoms with Crippen LogP contribution in [0.4, 0.5) is 21.9 Å². The van der Waals surface area contributed by atoms with E-state index in [0.717, 1.165) is 58.7 Å². The maximum atomic E-state index is 13.2. The number of rotatable bonds is 9. The fourth-order valence-corrected chi connectivity index (χ4v) is 5.26. The van der Waals surface area contributed by atoms with E-state index in [9.17, 15) is 4.79 Å². The molecule has 0 unspecified atom stereocenters. The summed E-state index contributed by atoms with van der Waals surface area (Å²) in [7, 11) is 1.73. The van der Waals surface area contributed by atoms with Crippen LogP contribution in [0.2, 0.25) is 0 Å². The van der Waals surface area contributed by atoms with Crippen molar-refractivity contribution in [1.82, 2.24) is 20.6 Å². The highest BCUT2D eigenvalue weighted by atomic mass is 16.5. The molecule has 0 spiro atoms. The van der Waals surface area contributed by atoms with Crippen molar-refractivity contribution >= 4 is 23.1 Å². The maximum absolute atomic E-state index is 13.2. The van der Waals surface area contributed by atoms with Crippen LogP contribution < -0.4 is 15.5 Å². The minimum atomic E-state index is -0.293. The number of hydrogen-bond donors (Lipinski definition) is 3. The fourth-order valence-electron chi connectivity index (χ4n) is 5.26. The first-order chi connectivity index (χ1) is 19.1. The number of H-pyrrole nitrogens is 1. The molecular weight excluding hydrogens is 490 g/mol. The second-order valence-corrected chi connectivity index (χ2v) is 9.94.